The van der Waals surface area contributed by atoms with E-state index in [1.807, 2.05) is 36.9 Å². The smallest absolute Gasteiger partial charge is 0.146 e. The summed E-state index contributed by atoms with van der Waals surface area (Å²) < 4.78 is 1.92. The van der Waals surface area contributed by atoms with Crippen molar-refractivity contribution in [3.05, 3.63) is 35.2 Å². The number of hydrogen-bond donors (Lipinski definition) is 2. The molecule has 3 rings (SSSR count). The first-order chi connectivity index (χ1) is 9.47. The molecule has 0 aliphatic heterocycles. The molecule has 0 radical (unpaired) electrons. The van der Waals surface area contributed by atoms with Crippen molar-refractivity contribution in [1.29, 1.82) is 0 Å². The normalized spacial score (nSPS) is 11.2. The van der Waals surface area contributed by atoms with Gasteiger partial charge in [-0.05, 0) is 19.1 Å². The lowest BCUT2D eigenvalue weighted by Gasteiger charge is -2.05. The molecule has 0 unspecified atom stereocenters. The van der Waals surface area contributed by atoms with Crippen molar-refractivity contribution in [2.45, 2.75) is 6.92 Å². The average molecular weight is 288 g/mol. The molecule has 0 amide bonds. The summed E-state index contributed by atoms with van der Waals surface area (Å²) in [5.74, 6) is 1.10. The zero-order valence-corrected chi connectivity index (χ0v) is 11.9. The monoisotopic (exact) mass is 287 g/mol. The third kappa shape index (κ3) is 1.87. The molecule has 0 atom stereocenters. The van der Waals surface area contributed by atoms with Crippen LogP contribution in [0.5, 0.6) is 0 Å². The minimum Gasteiger partial charge on any atom is -0.399 e. The summed E-state index contributed by atoms with van der Waals surface area (Å²) in [6, 6.07) is 5.41. The van der Waals surface area contributed by atoms with E-state index in [2.05, 4.69) is 9.97 Å². The van der Waals surface area contributed by atoms with Crippen LogP contribution in [0.3, 0.4) is 0 Å². The lowest BCUT2D eigenvalue weighted by molar-refractivity contribution is 0.933. The number of aromatic nitrogens is 3. The molecule has 4 N–H and O–H groups in total. The summed E-state index contributed by atoms with van der Waals surface area (Å²) in [4.78, 5) is 8.67. The maximum Gasteiger partial charge on any atom is 0.146 e. The van der Waals surface area contributed by atoms with Gasteiger partial charge < -0.3 is 16.0 Å². The Labute approximate surface area is 121 Å². The van der Waals surface area contributed by atoms with Crippen molar-refractivity contribution in [3.8, 4) is 11.1 Å². The summed E-state index contributed by atoms with van der Waals surface area (Å²) >= 11 is 6.29. The Morgan fingerprint density at radius 2 is 1.90 bits per heavy atom. The van der Waals surface area contributed by atoms with Gasteiger partial charge in [-0.1, -0.05) is 17.7 Å². The summed E-state index contributed by atoms with van der Waals surface area (Å²) in [5, 5.41) is 1.39. The third-order valence-electron chi connectivity index (χ3n) is 3.24. The molecule has 0 bridgehead atoms. The molecule has 0 aliphatic carbocycles. The van der Waals surface area contributed by atoms with Crippen molar-refractivity contribution in [1.82, 2.24) is 14.5 Å². The Kier molecular flexibility index (Phi) is 2.79. The highest BCUT2D eigenvalue weighted by atomic mass is 35.5. The van der Waals surface area contributed by atoms with Gasteiger partial charge in [0, 0.05) is 30.1 Å². The number of benzene rings is 1. The molecule has 0 saturated heterocycles. The van der Waals surface area contributed by atoms with Gasteiger partial charge in [-0.25, -0.2) is 9.97 Å². The molecule has 6 heteroatoms. The Hall–Kier alpha value is -2.27. The summed E-state index contributed by atoms with van der Waals surface area (Å²) in [7, 11) is 1.92. The Morgan fingerprint density at radius 1 is 1.15 bits per heavy atom. The van der Waals surface area contributed by atoms with Crippen LogP contribution in [0.2, 0.25) is 5.02 Å². The quantitative estimate of drug-likeness (QED) is 0.674. The van der Waals surface area contributed by atoms with E-state index >= 15 is 0 Å². The van der Waals surface area contributed by atoms with Crippen LogP contribution < -0.4 is 11.5 Å². The largest absolute Gasteiger partial charge is 0.399 e. The molecule has 1 aromatic carbocycles. The second-order valence-electron chi connectivity index (χ2n) is 4.75. The summed E-state index contributed by atoms with van der Waals surface area (Å²) in [6.45, 7) is 1.82. The van der Waals surface area contributed by atoms with Crippen LogP contribution >= 0.6 is 11.6 Å². The average Bonchev–Trinajstić information content (AvgIpc) is 2.67. The van der Waals surface area contributed by atoms with E-state index in [9.17, 15) is 0 Å². The second kappa shape index (κ2) is 4.38. The maximum absolute atomic E-state index is 6.29. The topological polar surface area (TPSA) is 82.7 Å². The number of hydrogen-bond acceptors (Lipinski definition) is 4. The van der Waals surface area contributed by atoms with Crippen molar-refractivity contribution in [3.63, 3.8) is 0 Å². The van der Waals surface area contributed by atoms with E-state index in [0.29, 0.717) is 22.4 Å². The van der Waals surface area contributed by atoms with E-state index in [4.69, 9.17) is 23.1 Å². The van der Waals surface area contributed by atoms with E-state index in [1.165, 1.54) is 0 Å². The van der Waals surface area contributed by atoms with Crippen LogP contribution in [0.15, 0.2) is 24.4 Å². The highest BCUT2D eigenvalue weighted by Gasteiger charge is 2.16. The van der Waals surface area contributed by atoms with Crippen molar-refractivity contribution >= 4 is 34.1 Å². The lowest BCUT2D eigenvalue weighted by Crippen LogP contribution is -1.98. The number of anilines is 2. The number of halogens is 1. The fourth-order valence-corrected chi connectivity index (χ4v) is 2.66. The number of fused-ring (bicyclic) bond motifs is 1. The van der Waals surface area contributed by atoms with Gasteiger partial charge in [0.25, 0.3) is 0 Å². The number of rotatable bonds is 1. The Bertz CT molecular complexity index is 822. The fraction of sp³-hybridized carbons (Fsp3) is 0.143. The lowest BCUT2D eigenvalue weighted by atomic mass is 10.1. The van der Waals surface area contributed by atoms with Gasteiger partial charge >= 0.3 is 0 Å². The minimum atomic E-state index is 0.455. The molecule has 0 fully saturated rings. The molecule has 2 heterocycles. The van der Waals surface area contributed by atoms with Crippen LogP contribution in [-0.2, 0) is 7.05 Å². The second-order valence-corrected chi connectivity index (χ2v) is 5.15. The molecule has 0 saturated carbocycles. The SMILES string of the molecule is Cc1nc(N)c2c(-c3ccc(N)cc3Cl)cn(C)c2n1. The van der Waals surface area contributed by atoms with Gasteiger partial charge in [0.2, 0.25) is 0 Å². The molecular formula is C14H14ClN5. The van der Waals surface area contributed by atoms with Crippen LogP contribution in [-0.4, -0.2) is 14.5 Å². The molecule has 2 aromatic heterocycles. The molecule has 3 aromatic rings. The van der Waals surface area contributed by atoms with Crippen molar-refractivity contribution in [2.24, 2.45) is 7.05 Å². The van der Waals surface area contributed by atoms with Crippen LogP contribution in [0.4, 0.5) is 11.5 Å². The molecule has 20 heavy (non-hydrogen) atoms. The van der Waals surface area contributed by atoms with Gasteiger partial charge in [0.15, 0.2) is 0 Å². The predicted molar refractivity (Wildman–Crippen MR) is 82.5 cm³/mol. The zero-order valence-electron chi connectivity index (χ0n) is 11.2. The highest BCUT2D eigenvalue weighted by molar-refractivity contribution is 6.34. The third-order valence-corrected chi connectivity index (χ3v) is 3.55. The summed E-state index contributed by atoms with van der Waals surface area (Å²) in [5.41, 5.74) is 15.0. The van der Waals surface area contributed by atoms with Gasteiger partial charge in [-0.3, -0.25) is 0 Å². The molecule has 0 spiro atoms. The van der Waals surface area contributed by atoms with E-state index in [0.717, 1.165) is 22.2 Å². The minimum absolute atomic E-state index is 0.455. The van der Waals surface area contributed by atoms with Crippen molar-refractivity contribution in [2.75, 3.05) is 11.5 Å². The van der Waals surface area contributed by atoms with Gasteiger partial charge in [-0.15, -0.1) is 0 Å². The Balaban J connectivity index is 2.37. The van der Waals surface area contributed by atoms with E-state index < -0.39 is 0 Å². The number of nitrogens with zero attached hydrogens (tertiary/aromatic N) is 3. The standard InChI is InChI=1S/C14H14ClN5/c1-7-18-13(17)12-10(6-20(2)14(12)19-7)9-4-3-8(16)5-11(9)15/h3-6H,16H2,1-2H3,(H2,17,18,19). The van der Waals surface area contributed by atoms with E-state index in [1.54, 1.807) is 6.07 Å². The number of nitrogen functional groups attached to an aromatic ring is 2. The zero-order chi connectivity index (χ0) is 14.4. The number of aryl methyl sites for hydroxylation is 2. The molecule has 0 aliphatic rings. The summed E-state index contributed by atoms with van der Waals surface area (Å²) in [6.07, 6.45) is 1.95. The molecule has 5 nitrogen and oxygen atoms in total. The van der Waals surface area contributed by atoms with Gasteiger partial charge in [0.1, 0.15) is 17.3 Å². The first-order valence-electron chi connectivity index (χ1n) is 6.12. The predicted octanol–water partition coefficient (Wildman–Crippen LogP) is 2.76. The number of nitrogens with two attached hydrogens (primary N) is 2. The van der Waals surface area contributed by atoms with Crippen LogP contribution in [0, 0.1) is 6.92 Å². The van der Waals surface area contributed by atoms with Crippen LogP contribution in [0.1, 0.15) is 5.82 Å². The first-order valence-corrected chi connectivity index (χ1v) is 6.49. The van der Waals surface area contributed by atoms with Crippen molar-refractivity contribution < 1.29 is 0 Å². The maximum atomic E-state index is 6.29. The van der Waals surface area contributed by atoms with Gasteiger partial charge in [-0.2, -0.15) is 0 Å². The van der Waals surface area contributed by atoms with E-state index in [-0.39, 0.29) is 0 Å². The fourth-order valence-electron chi connectivity index (χ4n) is 2.37. The molecular weight excluding hydrogens is 274 g/mol. The Morgan fingerprint density at radius 3 is 2.60 bits per heavy atom. The van der Waals surface area contributed by atoms with Crippen LogP contribution in [0.25, 0.3) is 22.2 Å². The highest BCUT2D eigenvalue weighted by Crippen LogP contribution is 2.37. The van der Waals surface area contributed by atoms with Gasteiger partial charge in [0.05, 0.1) is 10.4 Å². The first kappa shape index (κ1) is 12.7. The molecule has 102 valence electrons.